The third-order valence-corrected chi connectivity index (χ3v) is 10.8. The van der Waals surface area contributed by atoms with Gasteiger partial charge in [0.05, 0.1) is 21.2 Å². The minimum atomic E-state index is -0.952. The number of hydrogen-bond acceptors (Lipinski definition) is 10. The number of halogens is 3. The molecule has 3 aromatic heterocycles. The largest absolute Gasteiger partial charge is 0.461 e. The van der Waals surface area contributed by atoms with Crippen LogP contribution in [0.25, 0.3) is 32.2 Å². The Balaban J connectivity index is 1.36. The van der Waals surface area contributed by atoms with E-state index in [1.165, 1.54) is 24.4 Å². The Hall–Kier alpha value is -4.48. The van der Waals surface area contributed by atoms with Crippen molar-refractivity contribution in [2.24, 2.45) is 0 Å². The Bertz CT molecular complexity index is 1980. The number of anilines is 2. The van der Waals surface area contributed by atoms with Crippen LogP contribution in [0.2, 0.25) is 0 Å². The first kappa shape index (κ1) is 31.1. The average Bonchev–Trinajstić information content (AvgIpc) is 3.70. The summed E-state index contributed by atoms with van der Waals surface area (Å²) in [6.07, 6.45) is 3.84. The first-order valence-corrected chi connectivity index (χ1v) is 16.4. The summed E-state index contributed by atoms with van der Waals surface area (Å²) in [4.78, 5) is 32.1. The van der Waals surface area contributed by atoms with Gasteiger partial charge in [0.25, 0.3) is 0 Å². The lowest BCUT2D eigenvalue weighted by Crippen LogP contribution is -2.58. The first-order chi connectivity index (χ1) is 22.5. The molecule has 0 spiro atoms. The Kier molecular flexibility index (Phi) is 7.71. The number of alkyl halides is 1. The fraction of sp³-hybridized carbons (Fsp3) is 0.424. The number of carbonyl (C=O) groups excluding carboxylic acids is 1. The fourth-order valence-corrected chi connectivity index (χ4v) is 8.43. The summed E-state index contributed by atoms with van der Waals surface area (Å²) in [5.41, 5.74) is 5.60. The van der Waals surface area contributed by atoms with Crippen LogP contribution in [-0.2, 0) is 4.79 Å². The average molecular weight is 663 g/mol. The van der Waals surface area contributed by atoms with E-state index < -0.39 is 23.3 Å². The van der Waals surface area contributed by atoms with E-state index >= 15 is 4.39 Å². The second kappa shape index (κ2) is 11.6. The Labute approximate surface area is 273 Å². The Morgan fingerprint density at radius 3 is 2.83 bits per heavy atom. The highest BCUT2D eigenvalue weighted by atomic mass is 32.1. The van der Waals surface area contributed by atoms with Crippen molar-refractivity contribution in [3.8, 4) is 23.3 Å². The molecule has 2 N–H and O–H groups in total. The van der Waals surface area contributed by atoms with E-state index in [0.29, 0.717) is 37.3 Å². The predicted molar refractivity (Wildman–Crippen MR) is 174 cm³/mol. The third kappa shape index (κ3) is 5.03. The molecule has 4 unspecified atom stereocenters. The van der Waals surface area contributed by atoms with Crippen molar-refractivity contribution in [1.82, 2.24) is 24.8 Å². The van der Waals surface area contributed by atoms with Crippen LogP contribution in [0.5, 0.6) is 6.01 Å². The molecular weight excluding hydrogens is 629 g/mol. The van der Waals surface area contributed by atoms with Crippen molar-refractivity contribution in [2.45, 2.75) is 56.9 Å². The quantitative estimate of drug-likeness (QED) is 0.277. The standard InChI is InChI=1S/C33H33F3N8O2S/c1-4-24(45)43-13-18(3)44(14-17(43)2)31-22-12-39-27(20-6-7-23(35)29-25(20)21(11-37)30(38)47-29)26(36)28(22)40-32(41-31)46-16-33-8-5-9-42(33)15-19(34)10-33/h4,6-7,12,17-19H,1,5,8-10,13-16,38H2,2-3H3. The number of nitrogens with zero attached hydrogens (tertiary/aromatic N) is 7. The van der Waals surface area contributed by atoms with Crippen molar-refractivity contribution in [3.63, 3.8) is 0 Å². The number of aromatic nitrogens is 3. The van der Waals surface area contributed by atoms with Gasteiger partial charge in [0.15, 0.2) is 5.82 Å². The number of nitriles is 1. The molecule has 0 bridgehead atoms. The second-order valence-electron chi connectivity index (χ2n) is 12.7. The number of benzene rings is 1. The minimum absolute atomic E-state index is 0.0473. The SMILES string of the molecule is C=CC(=O)N1CC(C)N(c2nc(OCC34CCCN3CC(F)C4)nc3c(F)c(-c4ccc(F)c5sc(N)c(C#N)c45)ncc23)CC1C. The zero-order valence-electron chi connectivity index (χ0n) is 26.0. The lowest BCUT2D eigenvalue weighted by atomic mass is 9.95. The van der Waals surface area contributed by atoms with Crippen LogP contribution in [0.4, 0.5) is 24.0 Å². The number of piperazine rings is 1. The summed E-state index contributed by atoms with van der Waals surface area (Å²) >= 11 is 0.915. The number of nitrogen functional groups attached to an aromatic ring is 1. The topological polar surface area (TPSA) is 125 Å². The molecule has 4 atom stereocenters. The maximum atomic E-state index is 16.8. The van der Waals surface area contributed by atoms with Gasteiger partial charge in [-0.05, 0) is 51.4 Å². The smallest absolute Gasteiger partial charge is 0.319 e. The van der Waals surface area contributed by atoms with Gasteiger partial charge in [-0.2, -0.15) is 15.2 Å². The number of pyridine rings is 1. The van der Waals surface area contributed by atoms with E-state index in [0.717, 1.165) is 30.7 Å². The van der Waals surface area contributed by atoms with Crippen molar-refractivity contribution in [3.05, 3.63) is 48.2 Å². The van der Waals surface area contributed by atoms with Gasteiger partial charge in [-0.25, -0.2) is 13.2 Å². The summed E-state index contributed by atoms with van der Waals surface area (Å²) in [5, 5.41) is 10.4. The summed E-state index contributed by atoms with van der Waals surface area (Å²) in [6.45, 7) is 9.51. The predicted octanol–water partition coefficient (Wildman–Crippen LogP) is 5.21. The molecule has 47 heavy (non-hydrogen) atoms. The molecule has 14 heteroatoms. The molecule has 1 aromatic carbocycles. The molecule has 3 aliphatic heterocycles. The Morgan fingerprint density at radius 2 is 2.06 bits per heavy atom. The monoisotopic (exact) mass is 662 g/mol. The van der Waals surface area contributed by atoms with E-state index in [4.69, 9.17) is 15.5 Å². The molecule has 4 aromatic rings. The maximum absolute atomic E-state index is 16.8. The molecule has 1 amide bonds. The van der Waals surface area contributed by atoms with E-state index in [2.05, 4.69) is 21.4 Å². The molecule has 6 heterocycles. The van der Waals surface area contributed by atoms with Crippen molar-refractivity contribution in [1.29, 1.82) is 5.26 Å². The lowest BCUT2D eigenvalue weighted by Gasteiger charge is -2.44. The highest BCUT2D eigenvalue weighted by Crippen LogP contribution is 2.43. The lowest BCUT2D eigenvalue weighted by molar-refractivity contribution is -0.128. The fourth-order valence-electron chi connectivity index (χ4n) is 7.48. The molecule has 10 nitrogen and oxygen atoms in total. The number of fused-ring (bicyclic) bond motifs is 3. The van der Waals surface area contributed by atoms with Gasteiger partial charge < -0.3 is 20.3 Å². The number of hydrogen-bond donors (Lipinski definition) is 1. The number of nitrogens with two attached hydrogens (primary N) is 1. The van der Waals surface area contributed by atoms with Crippen LogP contribution in [0.3, 0.4) is 0 Å². The highest BCUT2D eigenvalue weighted by molar-refractivity contribution is 7.23. The molecule has 0 radical (unpaired) electrons. The normalized spacial score (nSPS) is 24.6. The van der Waals surface area contributed by atoms with Crippen LogP contribution in [0, 0.1) is 23.0 Å². The van der Waals surface area contributed by atoms with Crippen LogP contribution < -0.4 is 15.4 Å². The van der Waals surface area contributed by atoms with Crippen LogP contribution >= 0.6 is 11.3 Å². The number of carbonyl (C=O) groups is 1. The van der Waals surface area contributed by atoms with Gasteiger partial charge in [-0.1, -0.05) is 6.58 Å². The zero-order chi connectivity index (χ0) is 33.2. The van der Waals surface area contributed by atoms with E-state index in [1.54, 1.807) is 4.90 Å². The van der Waals surface area contributed by atoms with Crippen LogP contribution in [-0.4, -0.2) is 87.2 Å². The van der Waals surface area contributed by atoms with Crippen molar-refractivity contribution in [2.75, 3.05) is 43.4 Å². The third-order valence-electron chi connectivity index (χ3n) is 9.78. The molecular formula is C33H33F3N8O2S. The maximum Gasteiger partial charge on any atom is 0.319 e. The molecule has 244 valence electrons. The van der Waals surface area contributed by atoms with Crippen LogP contribution in [0.15, 0.2) is 31.0 Å². The van der Waals surface area contributed by atoms with E-state index in [-0.39, 0.29) is 68.0 Å². The minimum Gasteiger partial charge on any atom is -0.461 e. The number of thiophene rings is 1. The van der Waals surface area contributed by atoms with Gasteiger partial charge >= 0.3 is 6.01 Å². The van der Waals surface area contributed by atoms with Gasteiger partial charge in [-0.15, -0.1) is 11.3 Å². The zero-order valence-corrected chi connectivity index (χ0v) is 26.8. The van der Waals surface area contributed by atoms with Gasteiger partial charge in [-0.3, -0.25) is 14.7 Å². The highest BCUT2D eigenvalue weighted by Gasteiger charge is 2.49. The second-order valence-corrected chi connectivity index (χ2v) is 13.7. The van der Waals surface area contributed by atoms with Crippen LogP contribution in [0.1, 0.15) is 38.7 Å². The molecule has 3 saturated heterocycles. The summed E-state index contributed by atoms with van der Waals surface area (Å²) in [6, 6.07) is 4.08. The summed E-state index contributed by atoms with van der Waals surface area (Å²) in [7, 11) is 0. The molecule has 3 aliphatic rings. The summed E-state index contributed by atoms with van der Waals surface area (Å²) in [5.74, 6) is -1.18. The first-order valence-electron chi connectivity index (χ1n) is 15.5. The Morgan fingerprint density at radius 1 is 1.26 bits per heavy atom. The number of amides is 1. The van der Waals surface area contributed by atoms with Gasteiger partial charge in [0, 0.05) is 55.3 Å². The van der Waals surface area contributed by atoms with Gasteiger partial charge in [0.2, 0.25) is 5.91 Å². The molecule has 0 saturated carbocycles. The molecule has 0 aliphatic carbocycles. The molecule has 7 rings (SSSR count). The number of rotatable bonds is 6. The van der Waals surface area contributed by atoms with E-state index in [9.17, 15) is 18.8 Å². The van der Waals surface area contributed by atoms with Crippen molar-refractivity contribution < 1.29 is 22.7 Å². The number of ether oxygens (including phenoxy) is 1. The van der Waals surface area contributed by atoms with Gasteiger partial charge in [0.1, 0.15) is 46.7 Å². The summed E-state index contributed by atoms with van der Waals surface area (Å²) < 4.78 is 52.4. The van der Waals surface area contributed by atoms with E-state index in [1.807, 2.05) is 24.8 Å². The van der Waals surface area contributed by atoms with Crippen molar-refractivity contribution >= 4 is 49.1 Å². The molecule has 3 fully saturated rings.